The first-order chi connectivity index (χ1) is 12.8. The lowest BCUT2D eigenvalue weighted by Gasteiger charge is -2.13. The van der Waals surface area contributed by atoms with Crippen molar-refractivity contribution in [1.29, 1.82) is 5.26 Å². The van der Waals surface area contributed by atoms with E-state index >= 15 is 0 Å². The van der Waals surface area contributed by atoms with Crippen molar-refractivity contribution in [3.8, 4) is 28.5 Å². The predicted molar refractivity (Wildman–Crippen MR) is 114 cm³/mol. The Labute approximate surface area is 186 Å². The molecule has 0 unspecified atom stereocenters. The van der Waals surface area contributed by atoms with Gasteiger partial charge in [-0.15, -0.1) is 0 Å². The molecule has 0 N–H and O–H groups in total. The summed E-state index contributed by atoms with van der Waals surface area (Å²) in [7, 11) is 0. The first-order valence-electron chi connectivity index (χ1n) is 7.48. The molecule has 0 atom stereocenters. The maximum absolute atomic E-state index is 9.24. The SMILES string of the molecule is N#CCc1cc(-c2ccc(Cl)c(Cl)c2Cl)ncc1-c1ccc(Cl)c(Cl)c1Cl. The Morgan fingerprint density at radius 3 is 1.89 bits per heavy atom. The highest BCUT2D eigenvalue weighted by Crippen LogP contribution is 2.41. The number of rotatable bonds is 3. The Balaban J connectivity index is 2.19. The average molecular weight is 477 g/mol. The van der Waals surface area contributed by atoms with Crippen LogP contribution in [-0.4, -0.2) is 4.98 Å². The van der Waals surface area contributed by atoms with Crippen molar-refractivity contribution in [2.24, 2.45) is 0 Å². The van der Waals surface area contributed by atoms with Gasteiger partial charge in [0.1, 0.15) is 0 Å². The zero-order valence-corrected chi connectivity index (χ0v) is 17.9. The summed E-state index contributed by atoms with van der Waals surface area (Å²) in [6, 6.07) is 10.7. The van der Waals surface area contributed by atoms with Crippen LogP contribution in [0.15, 0.2) is 36.5 Å². The second-order valence-corrected chi connectivity index (χ2v) is 7.83. The van der Waals surface area contributed by atoms with Gasteiger partial charge in [-0.25, -0.2) is 0 Å². The van der Waals surface area contributed by atoms with Crippen LogP contribution in [0, 0.1) is 11.3 Å². The molecule has 0 bridgehead atoms. The Morgan fingerprint density at radius 1 is 0.741 bits per heavy atom. The molecule has 2 aromatic carbocycles. The Morgan fingerprint density at radius 2 is 1.30 bits per heavy atom. The molecular formula is C19H8Cl6N2. The molecule has 27 heavy (non-hydrogen) atoms. The normalized spacial score (nSPS) is 10.7. The van der Waals surface area contributed by atoms with E-state index in [1.807, 2.05) is 0 Å². The molecule has 8 heteroatoms. The van der Waals surface area contributed by atoms with Gasteiger partial charge in [-0.2, -0.15) is 5.26 Å². The van der Waals surface area contributed by atoms with Crippen LogP contribution in [0.5, 0.6) is 0 Å². The van der Waals surface area contributed by atoms with Crippen molar-refractivity contribution >= 4 is 69.6 Å². The summed E-state index contributed by atoms with van der Waals surface area (Å²) in [4.78, 5) is 4.46. The molecule has 0 radical (unpaired) electrons. The standard InChI is InChI=1S/C19H8Cl6N2/c20-13-3-1-10(16(22)18(13)24)12-8-27-15(7-9(12)5-6-26)11-2-4-14(21)19(25)17(11)23/h1-4,7-8H,5H2. The first-order valence-corrected chi connectivity index (χ1v) is 9.75. The van der Waals surface area contributed by atoms with Crippen LogP contribution < -0.4 is 0 Å². The second-order valence-electron chi connectivity index (χ2n) is 5.51. The third-order valence-electron chi connectivity index (χ3n) is 3.90. The number of hydrogen-bond donors (Lipinski definition) is 0. The summed E-state index contributed by atoms with van der Waals surface area (Å²) in [6.07, 6.45) is 1.76. The topological polar surface area (TPSA) is 36.7 Å². The highest BCUT2D eigenvalue weighted by atomic mass is 35.5. The van der Waals surface area contributed by atoms with Gasteiger partial charge in [-0.1, -0.05) is 75.7 Å². The fourth-order valence-electron chi connectivity index (χ4n) is 2.58. The molecule has 0 spiro atoms. The zero-order valence-electron chi connectivity index (χ0n) is 13.3. The minimum atomic E-state index is 0.139. The Bertz CT molecular complexity index is 1090. The van der Waals surface area contributed by atoms with Gasteiger partial charge in [0.25, 0.3) is 0 Å². The third-order valence-corrected chi connectivity index (χ3v) is 6.48. The van der Waals surface area contributed by atoms with E-state index in [1.165, 1.54) is 0 Å². The van der Waals surface area contributed by atoms with E-state index < -0.39 is 0 Å². The van der Waals surface area contributed by atoms with E-state index in [4.69, 9.17) is 69.6 Å². The highest BCUT2D eigenvalue weighted by Gasteiger charge is 2.17. The smallest absolute Gasteiger partial charge is 0.0785 e. The highest BCUT2D eigenvalue weighted by molar-refractivity contribution is 6.49. The number of aromatic nitrogens is 1. The number of nitriles is 1. The average Bonchev–Trinajstić information content (AvgIpc) is 2.65. The molecule has 136 valence electrons. The summed E-state index contributed by atoms with van der Waals surface area (Å²) in [5, 5.41) is 11.0. The van der Waals surface area contributed by atoms with Gasteiger partial charge in [0.15, 0.2) is 0 Å². The molecule has 1 heterocycles. The first kappa shape index (κ1) is 20.6. The molecule has 0 aliphatic heterocycles. The van der Waals surface area contributed by atoms with E-state index in [0.29, 0.717) is 48.0 Å². The molecule has 0 fully saturated rings. The fraction of sp³-hybridized carbons (Fsp3) is 0.0526. The zero-order chi connectivity index (χ0) is 19.7. The monoisotopic (exact) mass is 474 g/mol. The lowest BCUT2D eigenvalue weighted by Crippen LogP contribution is -1.95. The summed E-state index contributed by atoms with van der Waals surface area (Å²) in [5.41, 5.74) is 3.20. The maximum Gasteiger partial charge on any atom is 0.0785 e. The number of halogens is 6. The molecule has 0 aliphatic rings. The molecule has 0 saturated heterocycles. The number of hydrogen-bond acceptors (Lipinski definition) is 2. The van der Waals surface area contributed by atoms with Crippen LogP contribution in [0.1, 0.15) is 5.56 Å². The van der Waals surface area contributed by atoms with Crippen LogP contribution >= 0.6 is 69.6 Å². The van der Waals surface area contributed by atoms with Gasteiger partial charge in [-0.05, 0) is 29.8 Å². The lowest BCUT2D eigenvalue weighted by atomic mass is 9.98. The van der Waals surface area contributed by atoms with Gasteiger partial charge in [0.05, 0.1) is 48.3 Å². The van der Waals surface area contributed by atoms with Crippen molar-refractivity contribution in [3.63, 3.8) is 0 Å². The van der Waals surface area contributed by atoms with Gasteiger partial charge >= 0.3 is 0 Å². The predicted octanol–water partition coefficient (Wildman–Crippen LogP) is 8.40. The van der Waals surface area contributed by atoms with Crippen molar-refractivity contribution in [2.45, 2.75) is 6.42 Å². The molecule has 0 amide bonds. The molecule has 2 nitrogen and oxygen atoms in total. The van der Waals surface area contributed by atoms with Crippen molar-refractivity contribution in [2.75, 3.05) is 0 Å². The quantitative estimate of drug-likeness (QED) is 0.356. The van der Waals surface area contributed by atoms with Crippen molar-refractivity contribution in [1.82, 2.24) is 4.98 Å². The van der Waals surface area contributed by atoms with E-state index in [9.17, 15) is 5.26 Å². The molecular weight excluding hydrogens is 469 g/mol. The van der Waals surface area contributed by atoms with E-state index in [-0.39, 0.29) is 16.5 Å². The van der Waals surface area contributed by atoms with Gasteiger partial charge in [0, 0.05) is 22.9 Å². The summed E-state index contributed by atoms with van der Waals surface area (Å²) in [6.45, 7) is 0. The second kappa shape index (κ2) is 8.45. The van der Waals surface area contributed by atoms with Crippen LogP contribution in [0.25, 0.3) is 22.4 Å². The largest absolute Gasteiger partial charge is 0.256 e. The fourth-order valence-corrected chi connectivity index (χ4v) is 3.85. The van der Waals surface area contributed by atoms with Crippen molar-refractivity contribution < 1.29 is 0 Å². The van der Waals surface area contributed by atoms with Crippen LogP contribution in [-0.2, 0) is 6.42 Å². The lowest BCUT2D eigenvalue weighted by molar-refractivity contribution is 1.22. The third kappa shape index (κ3) is 4.00. The summed E-state index contributed by atoms with van der Waals surface area (Å²) < 4.78 is 0. The summed E-state index contributed by atoms with van der Waals surface area (Å²) in [5.74, 6) is 0. The van der Waals surface area contributed by atoms with Crippen LogP contribution in [0.4, 0.5) is 0 Å². The van der Waals surface area contributed by atoms with Crippen molar-refractivity contribution in [3.05, 3.63) is 72.2 Å². The molecule has 1 aromatic heterocycles. The van der Waals surface area contributed by atoms with Crippen LogP contribution in [0.2, 0.25) is 30.1 Å². The summed E-state index contributed by atoms with van der Waals surface area (Å²) >= 11 is 36.9. The number of pyridine rings is 1. The van der Waals surface area contributed by atoms with Gasteiger partial charge in [-0.3, -0.25) is 4.98 Å². The minimum Gasteiger partial charge on any atom is -0.256 e. The molecule has 3 rings (SSSR count). The van der Waals surface area contributed by atoms with E-state index in [1.54, 1.807) is 36.5 Å². The van der Waals surface area contributed by atoms with Crippen LogP contribution in [0.3, 0.4) is 0 Å². The van der Waals surface area contributed by atoms with Gasteiger partial charge < -0.3 is 0 Å². The molecule has 0 aliphatic carbocycles. The molecule has 0 saturated carbocycles. The Kier molecular flexibility index (Phi) is 6.43. The Hall–Kier alpha value is -1.18. The molecule has 3 aromatic rings. The maximum atomic E-state index is 9.24. The number of nitrogens with zero attached hydrogens (tertiary/aromatic N) is 2. The minimum absolute atomic E-state index is 0.139. The van der Waals surface area contributed by atoms with Gasteiger partial charge in [0.2, 0.25) is 0 Å². The number of benzene rings is 2. The van der Waals surface area contributed by atoms with E-state index in [0.717, 1.165) is 0 Å². The van der Waals surface area contributed by atoms with E-state index in [2.05, 4.69) is 11.1 Å².